The molecule has 2 rings (SSSR count). The molecule has 0 amide bonds. The summed E-state index contributed by atoms with van der Waals surface area (Å²) in [6, 6.07) is 4.66. The van der Waals surface area contributed by atoms with Gasteiger partial charge in [-0.05, 0) is 24.6 Å². The number of sulfonamides is 1. The second-order valence-corrected chi connectivity index (χ2v) is 6.81. The molecule has 0 aromatic heterocycles. The van der Waals surface area contributed by atoms with Gasteiger partial charge in [0.25, 0.3) is 0 Å². The summed E-state index contributed by atoms with van der Waals surface area (Å²) in [5.74, 6) is 0. The predicted octanol–water partition coefficient (Wildman–Crippen LogP) is 0.787. The Balaban J connectivity index is 2.38. The number of nitrogen functional groups attached to an aromatic ring is 1. The maximum Gasteiger partial charge on any atom is 0.245 e. The largest absolute Gasteiger partial charge is 0.398 e. The maximum absolute atomic E-state index is 12.2. The van der Waals surface area contributed by atoms with Crippen LogP contribution < -0.4 is 5.73 Å². The quantitative estimate of drug-likeness (QED) is 0.789. The van der Waals surface area contributed by atoms with Crippen molar-refractivity contribution >= 4 is 31.6 Å². The molecule has 0 bridgehead atoms. The zero-order chi connectivity index (χ0) is 12.6. The highest BCUT2D eigenvalue weighted by Crippen LogP contribution is 2.27. The zero-order valence-electron chi connectivity index (χ0n) is 9.01. The van der Waals surface area contributed by atoms with Crippen molar-refractivity contribution < 1.29 is 13.5 Å². The molecular formula is C10H13BrN2O3S. The fourth-order valence-corrected chi connectivity index (χ4v) is 3.79. The van der Waals surface area contributed by atoms with Crippen molar-refractivity contribution in [3.05, 3.63) is 22.7 Å². The van der Waals surface area contributed by atoms with Crippen molar-refractivity contribution in [1.82, 2.24) is 4.31 Å². The standard InChI is InChI=1S/C10H13BrN2O3S/c11-7-1-2-10(9(12)5-7)17(15,16)13-4-3-8(14)6-13/h1-2,5,8,14H,3-4,6,12H2/t8-/m0/s1. The molecule has 5 nitrogen and oxygen atoms in total. The van der Waals surface area contributed by atoms with Gasteiger partial charge in [-0.1, -0.05) is 15.9 Å². The highest BCUT2D eigenvalue weighted by atomic mass is 79.9. The van der Waals surface area contributed by atoms with Crippen LogP contribution in [0.3, 0.4) is 0 Å². The SMILES string of the molecule is Nc1cc(Br)ccc1S(=O)(=O)N1CC[C@H](O)C1. The highest BCUT2D eigenvalue weighted by Gasteiger charge is 2.32. The number of β-amino-alcohol motifs (C(OH)–C–C–N with tert-alkyl or cyclic N) is 1. The van der Waals surface area contributed by atoms with E-state index < -0.39 is 16.1 Å². The van der Waals surface area contributed by atoms with Crippen LogP contribution >= 0.6 is 15.9 Å². The summed E-state index contributed by atoms with van der Waals surface area (Å²) in [6.07, 6.45) is -0.114. The smallest absolute Gasteiger partial charge is 0.245 e. The van der Waals surface area contributed by atoms with E-state index in [1.54, 1.807) is 12.1 Å². The van der Waals surface area contributed by atoms with Crippen LogP contribution in [0.25, 0.3) is 0 Å². The first-order valence-electron chi connectivity index (χ1n) is 5.14. The van der Waals surface area contributed by atoms with Crippen molar-refractivity contribution in [3.63, 3.8) is 0 Å². The molecule has 1 fully saturated rings. The Morgan fingerprint density at radius 3 is 2.71 bits per heavy atom. The Labute approximate surface area is 108 Å². The van der Waals surface area contributed by atoms with Gasteiger partial charge in [0.2, 0.25) is 10.0 Å². The molecule has 0 unspecified atom stereocenters. The van der Waals surface area contributed by atoms with E-state index in [0.29, 0.717) is 13.0 Å². The summed E-state index contributed by atoms with van der Waals surface area (Å²) in [5.41, 5.74) is 5.92. The second-order valence-electron chi connectivity index (χ2n) is 3.99. The Kier molecular flexibility index (Phi) is 3.44. The van der Waals surface area contributed by atoms with Crippen LogP contribution in [-0.2, 0) is 10.0 Å². The van der Waals surface area contributed by atoms with Crippen LogP contribution in [0.2, 0.25) is 0 Å². The number of rotatable bonds is 2. The van der Waals surface area contributed by atoms with Gasteiger partial charge < -0.3 is 10.8 Å². The molecule has 0 saturated carbocycles. The van der Waals surface area contributed by atoms with Gasteiger partial charge in [0.05, 0.1) is 11.8 Å². The van der Waals surface area contributed by atoms with Crippen molar-refractivity contribution in [1.29, 1.82) is 0 Å². The number of halogens is 1. The van der Waals surface area contributed by atoms with Crippen LogP contribution in [0.15, 0.2) is 27.6 Å². The molecule has 7 heteroatoms. The fourth-order valence-electron chi connectivity index (χ4n) is 1.82. The van der Waals surface area contributed by atoms with Crippen LogP contribution in [0.5, 0.6) is 0 Å². The van der Waals surface area contributed by atoms with Gasteiger partial charge >= 0.3 is 0 Å². The van der Waals surface area contributed by atoms with Crippen molar-refractivity contribution in [2.45, 2.75) is 17.4 Å². The number of benzene rings is 1. The number of anilines is 1. The first-order valence-corrected chi connectivity index (χ1v) is 7.38. The molecule has 1 aromatic rings. The van der Waals surface area contributed by atoms with Gasteiger partial charge in [-0.2, -0.15) is 4.31 Å². The summed E-state index contributed by atoms with van der Waals surface area (Å²) in [6.45, 7) is 0.469. The number of aliphatic hydroxyl groups excluding tert-OH is 1. The van der Waals surface area contributed by atoms with Crippen molar-refractivity contribution in [2.24, 2.45) is 0 Å². The van der Waals surface area contributed by atoms with Crippen LogP contribution in [-0.4, -0.2) is 37.0 Å². The monoisotopic (exact) mass is 320 g/mol. The van der Waals surface area contributed by atoms with E-state index in [-0.39, 0.29) is 17.1 Å². The molecule has 0 spiro atoms. The first-order chi connectivity index (χ1) is 7.91. The van der Waals surface area contributed by atoms with E-state index in [1.165, 1.54) is 10.4 Å². The average Bonchev–Trinajstić information content (AvgIpc) is 2.64. The lowest BCUT2D eigenvalue weighted by molar-refractivity contribution is 0.189. The number of aliphatic hydroxyl groups is 1. The molecule has 1 atom stereocenters. The van der Waals surface area contributed by atoms with E-state index in [1.807, 2.05) is 0 Å². The molecule has 1 saturated heterocycles. The Hall–Kier alpha value is -0.630. The minimum Gasteiger partial charge on any atom is -0.398 e. The normalized spacial score (nSPS) is 21.9. The second kappa shape index (κ2) is 4.56. The summed E-state index contributed by atoms with van der Waals surface area (Å²) < 4.78 is 26.5. The lowest BCUT2D eigenvalue weighted by atomic mass is 10.3. The minimum absolute atomic E-state index is 0.0924. The predicted molar refractivity (Wildman–Crippen MR) is 67.9 cm³/mol. The van der Waals surface area contributed by atoms with Gasteiger partial charge in [0, 0.05) is 17.6 Å². The number of hydrogen-bond acceptors (Lipinski definition) is 4. The first kappa shape index (κ1) is 12.8. The van der Waals surface area contributed by atoms with E-state index in [0.717, 1.165) is 4.47 Å². The molecule has 0 radical (unpaired) electrons. The molecule has 0 aliphatic carbocycles. The van der Waals surface area contributed by atoms with Crippen LogP contribution in [0.1, 0.15) is 6.42 Å². The third kappa shape index (κ3) is 2.47. The third-order valence-corrected chi connectivity index (χ3v) is 5.15. The van der Waals surface area contributed by atoms with Crippen molar-refractivity contribution in [2.75, 3.05) is 18.8 Å². The Morgan fingerprint density at radius 1 is 1.47 bits per heavy atom. The zero-order valence-corrected chi connectivity index (χ0v) is 11.4. The molecule has 1 heterocycles. The van der Waals surface area contributed by atoms with E-state index >= 15 is 0 Å². The minimum atomic E-state index is -3.59. The molecular weight excluding hydrogens is 308 g/mol. The van der Waals surface area contributed by atoms with Gasteiger partial charge in [0.1, 0.15) is 4.90 Å². The number of nitrogens with zero attached hydrogens (tertiary/aromatic N) is 1. The Morgan fingerprint density at radius 2 is 2.18 bits per heavy atom. The molecule has 1 aliphatic heterocycles. The summed E-state index contributed by atoms with van der Waals surface area (Å²) in [7, 11) is -3.59. The number of hydrogen-bond donors (Lipinski definition) is 2. The highest BCUT2D eigenvalue weighted by molar-refractivity contribution is 9.10. The number of nitrogens with two attached hydrogens (primary N) is 1. The van der Waals surface area contributed by atoms with E-state index in [2.05, 4.69) is 15.9 Å². The Bertz CT molecular complexity index is 532. The van der Waals surface area contributed by atoms with Gasteiger partial charge in [-0.15, -0.1) is 0 Å². The lowest BCUT2D eigenvalue weighted by Crippen LogP contribution is -2.30. The van der Waals surface area contributed by atoms with E-state index in [4.69, 9.17) is 5.73 Å². The molecule has 1 aromatic carbocycles. The summed E-state index contributed by atoms with van der Waals surface area (Å²) in [4.78, 5) is 0.0924. The fraction of sp³-hybridized carbons (Fsp3) is 0.400. The molecule has 17 heavy (non-hydrogen) atoms. The summed E-state index contributed by atoms with van der Waals surface area (Å²) >= 11 is 3.23. The van der Waals surface area contributed by atoms with Gasteiger partial charge in [0.15, 0.2) is 0 Å². The van der Waals surface area contributed by atoms with Crippen molar-refractivity contribution in [3.8, 4) is 0 Å². The molecule has 94 valence electrons. The van der Waals surface area contributed by atoms with Crippen LogP contribution in [0, 0.1) is 0 Å². The third-order valence-electron chi connectivity index (χ3n) is 2.72. The lowest BCUT2D eigenvalue weighted by Gasteiger charge is -2.17. The van der Waals surface area contributed by atoms with Crippen LogP contribution in [0.4, 0.5) is 5.69 Å². The molecule has 3 N–H and O–H groups in total. The van der Waals surface area contributed by atoms with Gasteiger partial charge in [-0.25, -0.2) is 8.42 Å². The van der Waals surface area contributed by atoms with Gasteiger partial charge in [-0.3, -0.25) is 0 Å². The topological polar surface area (TPSA) is 83.6 Å². The maximum atomic E-state index is 12.2. The average molecular weight is 321 g/mol. The molecule has 1 aliphatic rings. The van der Waals surface area contributed by atoms with E-state index in [9.17, 15) is 13.5 Å². The summed E-state index contributed by atoms with van der Waals surface area (Å²) in [5, 5.41) is 9.38.